The molecule has 2 nitrogen and oxygen atoms in total. The molecular formula is C17H16BrNO. The number of hydrogen-bond acceptors (Lipinski definition) is 2. The fraction of sp³-hybridized carbons (Fsp3) is 0.235. The van der Waals surface area contributed by atoms with E-state index in [4.69, 9.17) is 0 Å². The number of carbonyl (C=O) groups is 1. The van der Waals surface area contributed by atoms with Crippen LogP contribution in [-0.2, 0) is 6.42 Å². The molecule has 0 saturated heterocycles. The average Bonchev–Trinajstić information content (AvgIpc) is 2.46. The topological polar surface area (TPSA) is 20.3 Å². The van der Waals surface area contributed by atoms with Gasteiger partial charge in [-0.1, -0.05) is 33.6 Å². The first-order chi connectivity index (χ1) is 9.69. The van der Waals surface area contributed by atoms with E-state index in [1.807, 2.05) is 18.2 Å². The van der Waals surface area contributed by atoms with Gasteiger partial charge in [0.2, 0.25) is 0 Å². The number of aldehydes is 1. The minimum Gasteiger partial charge on any atom is -0.341 e. The van der Waals surface area contributed by atoms with Crippen molar-refractivity contribution in [3.63, 3.8) is 0 Å². The van der Waals surface area contributed by atoms with Crippen molar-refractivity contribution in [1.29, 1.82) is 0 Å². The zero-order chi connectivity index (χ0) is 14.1. The largest absolute Gasteiger partial charge is 0.341 e. The third kappa shape index (κ3) is 2.38. The van der Waals surface area contributed by atoms with Gasteiger partial charge >= 0.3 is 0 Å². The van der Waals surface area contributed by atoms with Crippen LogP contribution in [0.5, 0.6) is 0 Å². The molecule has 0 N–H and O–H groups in total. The van der Waals surface area contributed by atoms with Crippen LogP contribution < -0.4 is 4.90 Å². The van der Waals surface area contributed by atoms with E-state index in [1.54, 1.807) is 0 Å². The molecule has 0 saturated carbocycles. The highest BCUT2D eigenvalue weighted by molar-refractivity contribution is 9.10. The fourth-order valence-corrected chi connectivity index (χ4v) is 3.22. The number of carbonyl (C=O) groups excluding carboxylic acids is 1. The van der Waals surface area contributed by atoms with Crippen LogP contribution in [0.2, 0.25) is 0 Å². The van der Waals surface area contributed by atoms with Crippen LogP contribution >= 0.6 is 15.9 Å². The first-order valence-corrected chi connectivity index (χ1v) is 7.60. The molecule has 3 heteroatoms. The summed E-state index contributed by atoms with van der Waals surface area (Å²) in [7, 11) is 0. The molecule has 2 aromatic rings. The van der Waals surface area contributed by atoms with Crippen molar-refractivity contribution >= 4 is 33.6 Å². The van der Waals surface area contributed by atoms with E-state index in [1.165, 1.54) is 16.8 Å². The molecule has 0 atom stereocenters. The molecule has 0 amide bonds. The van der Waals surface area contributed by atoms with Gasteiger partial charge in [0, 0.05) is 22.3 Å². The Morgan fingerprint density at radius 3 is 2.75 bits per heavy atom. The predicted molar refractivity (Wildman–Crippen MR) is 86.0 cm³/mol. The molecule has 0 aliphatic carbocycles. The van der Waals surface area contributed by atoms with Crippen molar-refractivity contribution in [3.8, 4) is 0 Å². The number of aryl methyl sites for hydroxylation is 2. The summed E-state index contributed by atoms with van der Waals surface area (Å²) in [6.45, 7) is 3.08. The Morgan fingerprint density at radius 1 is 1.15 bits per heavy atom. The Morgan fingerprint density at radius 2 is 1.95 bits per heavy atom. The van der Waals surface area contributed by atoms with Crippen molar-refractivity contribution in [3.05, 3.63) is 57.6 Å². The van der Waals surface area contributed by atoms with Gasteiger partial charge in [0.05, 0.1) is 5.69 Å². The van der Waals surface area contributed by atoms with Crippen LogP contribution in [0, 0.1) is 6.92 Å². The monoisotopic (exact) mass is 329 g/mol. The highest BCUT2D eigenvalue weighted by atomic mass is 79.9. The maximum Gasteiger partial charge on any atom is 0.152 e. The number of nitrogens with zero attached hydrogens (tertiary/aromatic N) is 1. The minimum atomic E-state index is 0.729. The van der Waals surface area contributed by atoms with Crippen LogP contribution in [0.1, 0.15) is 27.9 Å². The quantitative estimate of drug-likeness (QED) is 0.747. The second-order valence-corrected chi connectivity index (χ2v) is 6.12. The first-order valence-electron chi connectivity index (χ1n) is 6.81. The number of hydrogen-bond donors (Lipinski definition) is 0. The van der Waals surface area contributed by atoms with Crippen LogP contribution in [-0.4, -0.2) is 12.8 Å². The van der Waals surface area contributed by atoms with Crippen molar-refractivity contribution in [1.82, 2.24) is 0 Å². The number of benzene rings is 2. The lowest BCUT2D eigenvalue weighted by molar-refractivity contribution is 0.112. The maximum absolute atomic E-state index is 11.3. The molecule has 1 heterocycles. The Kier molecular flexibility index (Phi) is 3.62. The molecule has 0 radical (unpaired) electrons. The van der Waals surface area contributed by atoms with Gasteiger partial charge in [-0.25, -0.2) is 0 Å². The number of fused-ring (bicyclic) bond motifs is 1. The van der Waals surface area contributed by atoms with E-state index in [0.717, 1.165) is 41.4 Å². The smallest absolute Gasteiger partial charge is 0.152 e. The molecule has 1 aliphatic rings. The van der Waals surface area contributed by atoms with Crippen molar-refractivity contribution in [2.75, 3.05) is 11.4 Å². The molecular weight excluding hydrogens is 314 g/mol. The Hall–Kier alpha value is -1.61. The lowest BCUT2D eigenvalue weighted by atomic mass is 9.98. The van der Waals surface area contributed by atoms with E-state index in [9.17, 15) is 4.79 Å². The summed E-state index contributed by atoms with van der Waals surface area (Å²) < 4.78 is 0.935. The summed E-state index contributed by atoms with van der Waals surface area (Å²) in [6, 6.07) is 12.4. The third-order valence-corrected chi connectivity index (χ3v) is 4.25. The third-order valence-electron chi connectivity index (χ3n) is 3.76. The van der Waals surface area contributed by atoms with Crippen LogP contribution in [0.25, 0.3) is 0 Å². The summed E-state index contributed by atoms with van der Waals surface area (Å²) in [6.07, 6.45) is 3.16. The number of rotatable bonds is 2. The highest BCUT2D eigenvalue weighted by Gasteiger charge is 2.20. The molecule has 0 unspecified atom stereocenters. The summed E-state index contributed by atoms with van der Waals surface area (Å²) in [4.78, 5) is 13.6. The van der Waals surface area contributed by atoms with Gasteiger partial charge in [0.25, 0.3) is 0 Å². The summed E-state index contributed by atoms with van der Waals surface area (Å²) in [5.41, 5.74) is 5.61. The second-order valence-electron chi connectivity index (χ2n) is 5.21. The maximum atomic E-state index is 11.3. The minimum absolute atomic E-state index is 0.729. The van der Waals surface area contributed by atoms with Gasteiger partial charge in [0.15, 0.2) is 6.29 Å². The van der Waals surface area contributed by atoms with Crippen molar-refractivity contribution in [2.24, 2.45) is 0 Å². The second kappa shape index (κ2) is 5.41. The summed E-state index contributed by atoms with van der Waals surface area (Å²) >= 11 is 3.42. The molecule has 102 valence electrons. The molecule has 20 heavy (non-hydrogen) atoms. The van der Waals surface area contributed by atoms with Crippen LogP contribution in [0.4, 0.5) is 11.4 Å². The Balaban J connectivity index is 2.11. The van der Waals surface area contributed by atoms with E-state index < -0.39 is 0 Å². The molecule has 0 bridgehead atoms. The van der Waals surface area contributed by atoms with Gasteiger partial charge in [-0.05, 0) is 49.6 Å². The zero-order valence-corrected chi connectivity index (χ0v) is 13.0. The predicted octanol–water partition coefficient (Wildman–Crippen LogP) is 4.65. The van der Waals surface area contributed by atoms with Crippen LogP contribution in [0.3, 0.4) is 0 Å². The Bertz CT molecular complexity index is 666. The summed E-state index contributed by atoms with van der Waals surface area (Å²) in [5.74, 6) is 0. The van der Waals surface area contributed by atoms with E-state index in [-0.39, 0.29) is 0 Å². The van der Waals surface area contributed by atoms with E-state index in [2.05, 4.69) is 46.0 Å². The van der Waals surface area contributed by atoms with Gasteiger partial charge in [-0.2, -0.15) is 0 Å². The van der Waals surface area contributed by atoms with Gasteiger partial charge in [0.1, 0.15) is 0 Å². The van der Waals surface area contributed by atoms with Gasteiger partial charge in [-0.15, -0.1) is 0 Å². The average molecular weight is 330 g/mol. The number of halogens is 1. The van der Waals surface area contributed by atoms with Crippen molar-refractivity contribution < 1.29 is 4.79 Å². The SMILES string of the molecule is Cc1ccc2c(c1)CCCN2c1ccc(Br)cc1C=O. The van der Waals surface area contributed by atoms with E-state index >= 15 is 0 Å². The molecule has 0 fully saturated rings. The Labute approximate surface area is 127 Å². The standard InChI is InChI=1S/C17H16BrNO/c1-12-4-6-16-13(9-12)3-2-8-19(16)17-7-5-15(18)10-14(17)11-20/h4-7,9-11H,2-3,8H2,1H3. The molecule has 1 aliphatic heterocycles. The summed E-state index contributed by atoms with van der Waals surface area (Å²) in [5, 5.41) is 0. The lowest BCUT2D eigenvalue weighted by Crippen LogP contribution is -2.25. The van der Waals surface area contributed by atoms with Gasteiger partial charge in [-0.3, -0.25) is 4.79 Å². The van der Waals surface area contributed by atoms with E-state index in [0.29, 0.717) is 0 Å². The molecule has 2 aromatic carbocycles. The lowest BCUT2D eigenvalue weighted by Gasteiger charge is -2.32. The molecule has 0 aromatic heterocycles. The fourth-order valence-electron chi connectivity index (χ4n) is 2.84. The zero-order valence-electron chi connectivity index (χ0n) is 11.4. The molecule has 0 spiro atoms. The molecule has 3 rings (SSSR count). The number of anilines is 2. The normalized spacial score (nSPS) is 14.0. The van der Waals surface area contributed by atoms with Crippen molar-refractivity contribution in [2.45, 2.75) is 19.8 Å². The van der Waals surface area contributed by atoms with Crippen LogP contribution in [0.15, 0.2) is 40.9 Å². The van der Waals surface area contributed by atoms with Gasteiger partial charge < -0.3 is 4.90 Å². The highest BCUT2D eigenvalue weighted by Crippen LogP contribution is 2.36. The first kappa shape index (κ1) is 13.4.